The lowest BCUT2D eigenvalue weighted by atomic mass is 10.5. The average molecular weight is 116 g/mol. The van der Waals surface area contributed by atoms with Gasteiger partial charge in [0.2, 0.25) is 0 Å². The summed E-state index contributed by atoms with van der Waals surface area (Å²) >= 11 is 0. The van der Waals surface area contributed by atoms with Gasteiger partial charge in [-0.05, 0) is 6.42 Å². The Morgan fingerprint density at radius 1 is 1.75 bits per heavy atom. The number of hydrogen-bond acceptors (Lipinski definition) is 3. The minimum atomic E-state index is -0.827. The molecule has 0 unspecified atom stereocenters. The van der Waals surface area contributed by atoms with Crippen LogP contribution in [0.5, 0.6) is 0 Å². The third-order valence-electron chi connectivity index (χ3n) is 0.520. The fourth-order valence-corrected chi connectivity index (χ4v) is 0.219. The van der Waals surface area contributed by atoms with Crippen molar-refractivity contribution in [3.8, 4) is 0 Å². The van der Waals surface area contributed by atoms with Crippen LogP contribution in [-0.4, -0.2) is 12.8 Å². The van der Waals surface area contributed by atoms with E-state index < -0.39 is 6.16 Å². The van der Waals surface area contributed by atoms with Gasteiger partial charge in [-0.15, -0.1) is 0 Å². The normalized spacial score (nSPS) is 8.25. The fraction of sp³-hybridized carbons (Fsp3) is 0.600. The molecule has 2 radical (unpaired) electrons. The third kappa shape index (κ3) is 3.46. The molecule has 0 N–H and O–H groups in total. The largest absolute Gasteiger partial charge is 0.508 e. The summed E-state index contributed by atoms with van der Waals surface area (Å²) < 4.78 is 8.05. The molecule has 0 aromatic carbocycles. The van der Waals surface area contributed by atoms with Gasteiger partial charge < -0.3 is 9.47 Å². The van der Waals surface area contributed by atoms with E-state index >= 15 is 0 Å². The smallest absolute Gasteiger partial charge is 0.434 e. The summed E-state index contributed by atoms with van der Waals surface area (Å²) in [6.07, 6.45) is -0.0541. The molecule has 0 aromatic rings. The molecule has 0 atom stereocenters. The molecule has 46 valence electrons. The molecule has 0 heterocycles. The Bertz CT molecular complexity index is 70.1. The molecular weight excluding hydrogens is 108 g/mol. The van der Waals surface area contributed by atoms with Gasteiger partial charge in [-0.2, -0.15) is 0 Å². The minimum absolute atomic E-state index is 0.357. The van der Waals surface area contributed by atoms with E-state index in [2.05, 4.69) is 16.6 Å². The van der Waals surface area contributed by atoms with Gasteiger partial charge in [0.15, 0.2) is 7.11 Å². The van der Waals surface area contributed by atoms with Crippen molar-refractivity contribution in [3.05, 3.63) is 7.11 Å². The third-order valence-corrected chi connectivity index (χ3v) is 0.520. The topological polar surface area (TPSA) is 35.5 Å². The van der Waals surface area contributed by atoms with Crippen molar-refractivity contribution in [2.45, 2.75) is 13.3 Å². The standard InChI is InChI=1S/C5H8O3/c1-3-4-8-5(6)7-2/h2H,3-4H2,1H3. The Morgan fingerprint density at radius 3 is 2.75 bits per heavy atom. The van der Waals surface area contributed by atoms with Gasteiger partial charge in [-0.25, -0.2) is 4.79 Å². The lowest BCUT2D eigenvalue weighted by Gasteiger charge is -1.96. The molecule has 0 spiro atoms. The summed E-state index contributed by atoms with van der Waals surface area (Å²) in [5, 5.41) is 0. The van der Waals surface area contributed by atoms with Crippen LogP contribution in [0.25, 0.3) is 0 Å². The Balaban J connectivity index is 2.99. The second-order valence-electron chi connectivity index (χ2n) is 1.22. The zero-order valence-electron chi connectivity index (χ0n) is 4.72. The van der Waals surface area contributed by atoms with Crippen LogP contribution in [0.15, 0.2) is 0 Å². The second kappa shape index (κ2) is 4.43. The van der Waals surface area contributed by atoms with Crippen LogP contribution >= 0.6 is 0 Å². The Morgan fingerprint density at radius 2 is 2.38 bits per heavy atom. The molecule has 3 heteroatoms. The van der Waals surface area contributed by atoms with Gasteiger partial charge >= 0.3 is 6.16 Å². The maximum atomic E-state index is 10.0. The number of ether oxygens (including phenoxy) is 2. The molecule has 0 saturated heterocycles. The van der Waals surface area contributed by atoms with Crippen molar-refractivity contribution in [1.29, 1.82) is 0 Å². The summed E-state index contributed by atoms with van der Waals surface area (Å²) in [6.45, 7) is 2.24. The molecule has 0 aliphatic heterocycles. The monoisotopic (exact) mass is 116 g/mol. The average Bonchev–Trinajstić information content (AvgIpc) is 1.83. The van der Waals surface area contributed by atoms with Gasteiger partial charge in [0, 0.05) is 0 Å². The Labute approximate surface area is 48.6 Å². The van der Waals surface area contributed by atoms with E-state index in [9.17, 15) is 4.79 Å². The first-order valence-electron chi connectivity index (χ1n) is 2.34. The van der Waals surface area contributed by atoms with Crippen molar-refractivity contribution in [2.75, 3.05) is 6.61 Å². The first-order chi connectivity index (χ1) is 3.81. The van der Waals surface area contributed by atoms with Gasteiger partial charge in [0.05, 0.1) is 6.61 Å². The lowest BCUT2D eigenvalue weighted by molar-refractivity contribution is 0.0831. The molecular formula is C5H8O3. The summed E-state index contributed by atoms with van der Waals surface area (Å²) in [7, 11) is 4.44. The van der Waals surface area contributed by atoms with Gasteiger partial charge in [-0.3, -0.25) is 0 Å². The van der Waals surface area contributed by atoms with E-state index in [-0.39, 0.29) is 0 Å². The van der Waals surface area contributed by atoms with Gasteiger partial charge in [0.25, 0.3) is 0 Å². The van der Waals surface area contributed by atoms with Gasteiger partial charge in [-0.1, -0.05) is 6.92 Å². The van der Waals surface area contributed by atoms with E-state index in [1.807, 2.05) is 6.92 Å². The molecule has 0 amide bonds. The van der Waals surface area contributed by atoms with Crippen molar-refractivity contribution in [2.24, 2.45) is 0 Å². The quantitative estimate of drug-likeness (QED) is 0.509. The van der Waals surface area contributed by atoms with Crippen LogP contribution in [0.3, 0.4) is 0 Å². The summed E-state index contributed by atoms with van der Waals surface area (Å²) in [5.41, 5.74) is 0. The molecule has 0 aliphatic rings. The minimum Gasteiger partial charge on any atom is -0.434 e. The highest BCUT2D eigenvalue weighted by molar-refractivity contribution is 5.59. The summed E-state index contributed by atoms with van der Waals surface area (Å²) in [5.74, 6) is 0. The number of carbonyl (C=O) groups is 1. The molecule has 0 aliphatic carbocycles. The first kappa shape index (κ1) is 7.27. The first-order valence-corrected chi connectivity index (χ1v) is 2.34. The highest BCUT2D eigenvalue weighted by atomic mass is 16.7. The fourth-order valence-electron chi connectivity index (χ4n) is 0.219. The van der Waals surface area contributed by atoms with Crippen LogP contribution in [0.2, 0.25) is 0 Å². The molecule has 0 fully saturated rings. The maximum Gasteiger partial charge on any atom is 0.508 e. The zero-order valence-corrected chi connectivity index (χ0v) is 4.72. The van der Waals surface area contributed by atoms with E-state index in [1.165, 1.54) is 0 Å². The van der Waals surface area contributed by atoms with E-state index in [0.29, 0.717) is 6.61 Å². The van der Waals surface area contributed by atoms with Crippen molar-refractivity contribution in [3.63, 3.8) is 0 Å². The van der Waals surface area contributed by atoms with E-state index in [1.54, 1.807) is 0 Å². The van der Waals surface area contributed by atoms with Crippen molar-refractivity contribution in [1.82, 2.24) is 0 Å². The van der Waals surface area contributed by atoms with E-state index in [4.69, 9.17) is 0 Å². The molecule has 0 rings (SSSR count). The zero-order chi connectivity index (χ0) is 6.41. The van der Waals surface area contributed by atoms with Crippen LogP contribution in [0.4, 0.5) is 4.79 Å². The lowest BCUT2D eigenvalue weighted by Crippen LogP contribution is -2.02. The van der Waals surface area contributed by atoms with Crippen LogP contribution in [0, 0.1) is 7.11 Å². The molecule has 8 heavy (non-hydrogen) atoms. The highest BCUT2D eigenvalue weighted by Crippen LogP contribution is 1.84. The van der Waals surface area contributed by atoms with Crippen LogP contribution < -0.4 is 0 Å². The highest BCUT2D eigenvalue weighted by Gasteiger charge is 1.95. The Kier molecular flexibility index (Phi) is 4.03. The SMILES string of the molecule is [CH]OC(=O)OCCC. The maximum absolute atomic E-state index is 10.0. The Hall–Kier alpha value is -0.730. The molecule has 0 aromatic heterocycles. The molecule has 3 nitrogen and oxygen atoms in total. The number of hydrogen-bond donors (Lipinski definition) is 0. The van der Waals surface area contributed by atoms with Gasteiger partial charge in [0.1, 0.15) is 0 Å². The molecule has 0 bridgehead atoms. The predicted octanol–water partition coefficient (Wildman–Crippen LogP) is 1.22. The van der Waals surface area contributed by atoms with Crippen molar-refractivity contribution >= 4 is 6.16 Å². The number of carbonyl (C=O) groups excluding carboxylic acids is 1. The predicted molar refractivity (Wildman–Crippen MR) is 27.0 cm³/mol. The molecule has 0 saturated carbocycles. The van der Waals surface area contributed by atoms with Crippen LogP contribution in [0.1, 0.15) is 13.3 Å². The summed E-state index contributed by atoms with van der Waals surface area (Å²) in [4.78, 5) is 10.0. The van der Waals surface area contributed by atoms with E-state index in [0.717, 1.165) is 6.42 Å². The van der Waals surface area contributed by atoms with Crippen LogP contribution in [-0.2, 0) is 9.47 Å². The van der Waals surface area contributed by atoms with Crippen molar-refractivity contribution < 1.29 is 14.3 Å². The summed E-state index contributed by atoms with van der Waals surface area (Å²) in [6, 6.07) is 0. The number of rotatable bonds is 2. The second-order valence-corrected chi connectivity index (χ2v) is 1.22.